The summed E-state index contributed by atoms with van der Waals surface area (Å²) < 4.78 is 0. The van der Waals surface area contributed by atoms with Crippen molar-refractivity contribution in [1.29, 1.82) is 5.41 Å². The highest BCUT2D eigenvalue weighted by atomic mass is 16.3. The van der Waals surface area contributed by atoms with E-state index in [1.165, 1.54) is 12.1 Å². The van der Waals surface area contributed by atoms with Gasteiger partial charge in [0.2, 0.25) is 0 Å². The maximum atomic E-state index is 9.31. The number of rotatable bonds is 3. The molecule has 0 saturated carbocycles. The molecule has 0 bridgehead atoms. The van der Waals surface area contributed by atoms with Crippen LogP contribution in [0.5, 0.6) is 11.5 Å². The number of aromatic hydroxyl groups is 2. The lowest BCUT2D eigenvalue weighted by Crippen LogP contribution is -2.30. The lowest BCUT2D eigenvalue weighted by molar-refractivity contribution is 0.403. The number of benzene rings is 1. The van der Waals surface area contributed by atoms with Crippen LogP contribution in [0, 0.1) is 5.41 Å². The number of phenolic OH excluding ortho intramolecular Hbond substituents is 2. The molecule has 82 valence electrons. The third kappa shape index (κ3) is 2.40. The number of nitrogens with one attached hydrogen (secondary N) is 1. The number of amidine groups is 1. The Morgan fingerprint density at radius 1 is 1.20 bits per heavy atom. The highest BCUT2D eigenvalue weighted by molar-refractivity contribution is 5.96. The Kier molecular flexibility index (Phi) is 3.55. The lowest BCUT2D eigenvalue weighted by atomic mass is 10.1. The molecule has 0 unspecified atom stereocenters. The van der Waals surface area contributed by atoms with Crippen molar-refractivity contribution in [3.05, 3.63) is 23.8 Å². The first-order valence-electron chi connectivity index (χ1n) is 4.96. The summed E-state index contributed by atoms with van der Waals surface area (Å²) >= 11 is 0. The molecular weight excluding hydrogens is 192 g/mol. The molecule has 15 heavy (non-hydrogen) atoms. The molecule has 0 amide bonds. The average Bonchev–Trinajstić information content (AvgIpc) is 2.23. The van der Waals surface area contributed by atoms with Crippen molar-refractivity contribution in [2.75, 3.05) is 13.1 Å². The van der Waals surface area contributed by atoms with Crippen LogP contribution >= 0.6 is 0 Å². The lowest BCUT2D eigenvalue weighted by Gasteiger charge is -2.21. The standard InChI is InChI=1S/C11H16N2O2/c1-3-13(4-2)11(12)8-5-6-9(14)10(15)7-8/h5-7,12,14-15H,3-4H2,1-2H3. The Labute approximate surface area is 89.3 Å². The summed E-state index contributed by atoms with van der Waals surface area (Å²) in [5, 5.41) is 26.3. The molecule has 0 atom stereocenters. The maximum Gasteiger partial charge on any atom is 0.158 e. The molecular formula is C11H16N2O2. The van der Waals surface area contributed by atoms with Crippen LogP contribution in [0.25, 0.3) is 0 Å². The maximum absolute atomic E-state index is 9.31. The van der Waals surface area contributed by atoms with Crippen LogP contribution in [0.2, 0.25) is 0 Å². The Morgan fingerprint density at radius 2 is 1.80 bits per heavy atom. The van der Waals surface area contributed by atoms with E-state index in [0.29, 0.717) is 11.4 Å². The van der Waals surface area contributed by atoms with Crippen LogP contribution in [-0.4, -0.2) is 34.0 Å². The molecule has 3 N–H and O–H groups in total. The van der Waals surface area contributed by atoms with Crippen molar-refractivity contribution in [2.24, 2.45) is 0 Å². The quantitative estimate of drug-likeness (QED) is 0.403. The zero-order chi connectivity index (χ0) is 11.4. The topological polar surface area (TPSA) is 67.6 Å². The predicted molar refractivity (Wildman–Crippen MR) is 59.5 cm³/mol. The Morgan fingerprint density at radius 3 is 2.27 bits per heavy atom. The third-order valence-electron chi connectivity index (χ3n) is 2.33. The number of hydrogen-bond acceptors (Lipinski definition) is 3. The molecule has 0 radical (unpaired) electrons. The minimum Gasteiger partial charge on any atom is -0.504 e. The fourth-order valence-corrected chi connectivity index (χ4v) is 1.39. The molecule has 4 nitrogen and oxygen atoms in total. The van der Waals surface area contributed by atoms with E-state index in [4.69, 9.17) is 10.5 Å². The van der Waals surface area contributed by atoms with Gasteiger partial charge in [-0.1, -0.05) is 0 Å². The van der Waals surface area contributed by atoms with Crippen LogP contribution in [0.1, 0.15) is 19.4 Å². The second-order valence-electron chi connectivity index (χ2n) is 3.22. The van der Waals surface area contributed by atoms with E-state index in [1.807, 2.05) is 18.7 Å². The first-order valence-corrected chi connectivity index (χ1v) is 4.96. The Bertz CT molecular complexity index is 360. The minimum absolute atomic E-state index is 0.161. The fraction of sp³-hybridized carbons (Fsp3) is 0.364. The van der Waals surface area contributed by atoms with E-state index < -0.39 is 0 Å². The van der Waals surface area contributed by atoms with Gasteiger partial charge in [-0.25, -0.2) is 0 Å². The highest BCUT2D eigenvalue weighted by Gasteiger charge is 2.10. The predicted octanol–water partition coefficient (Wildman–Crippen LogP) is 1.76. The van der Waals surface area contributed by atoms with Gasteiger partial charge in [0.15, 0.2) is 11.5 Å². The summed E-state index contributed by atoms with van der Waals surface area (Å²) in [5.41, 5.74) is 0.606. The van der Waals surface area contributed by atoms with Gasteiger partial charge in [-0.2, -0.15) is 0 Å². The molecule has 1 aromatic rings. The van der Waals surface area contributed by atoms with E-state index in [1.54, 1.807) is 6.07 Å². The summed E-state index contributed by atoms with van der Waals surface area (Å²) in [6.07, 6.45) is 0. The number of nitrogens with zero attached hydrogens (tertiary/aromatic N) is 1. The number of phenols is 2. The molecule has 0 aromatic heterocycles. The van der Waals surface area contributed by atoms with Gasteiger partial charge in [-0.3, -0.25) is 5.41 Å². The summed E-state index contributed by atoms with van der Waals surface area (Å²) in [6.45, 7) is 5.44. The normalized spacial score (nSPS) is 10.0. The zero-order valence-electron chi connectivity index (χ0n) is 8.99. The van der Waals surface area contributed by atoms with Gasteiger partial charge in [-0.15, -0.1) is 0 Å². The highest BCUT2D eigenvalue weighted by Crippen LogP contribution is 2.25. The second kappa shape index (κ2) is 4.68. The number of hydrogen-bond donors (Lipinski definition) is 3. The van der Waals surface area contributed by atoms with Gasteiger partial charge in [0.1, 0.15) is 5.84 Å². The van der Waals surface area contributed by atoms with Gasteiger partial charge >= 0.3 is 0 Å². The smallest absolute Gasteiger partial charge is 0.158 e. The van der Waals surface area contributed by atoms with Crippen LogP contribution < -0.4 is 0 Å². The monoisotopic (exact) mass is 208 g/mol. The summed E-state index contributed by atoms with van der Waals surface area (Å²) in [5.74, 6) is 0.00537. The van der Waals surface area contributed by atoms with Gasteiger partial charge in [0.25, 0.3) is 0 Å². The van der Waals surface area contributed by atoms with Crippen LogP contribution in [0.15, 0.2) is 18.2 Å². The third-order valence-corrected chi connectivity index (χ3v) is 2.33. The molecule has 0 aliphatic heterocycles. The van der Waals surface area contributed by atoms with Crippen molar-refractivity contribution in [1.82, 2.24) is 4.90 Å². The van der Waals surface area contributed by atoms with E-state index in [2.05, 4.69) is 0 Å². The van der Waals surface area contributed by atoms with Crippen molar-refractivity contribution in [3.63, 3.8) is 0 Å². The average molecular weight is 208 g/mol. The summed E-state index contributed by atoms with van der Waals surface area (Å²) in [6, 6.07) is 4.41. The van der Waals surface area contributed by atoms with Gasteiger partial charge in [0, 0.05) is 18.7 Å². The summed E-state index contributed by atoms with van der Waals surface area (Å²) in [4.78, 5) is 1.87. The fourth-order valence-electron chi connectivity index (χ4n) is 1.39. The SMILES string of the molecule is CCN(CC)C(=N)c1ccc(O)c(O)c1. The van der Waals surface area contributed by atoms with Crippen LogP contribution in [0.4, 0.5) is 0 Å². The van der Waals surface area contributed by atoms with Crippen molar-refractivity contribution >= 4 is 5.84 Å². The van der Waals surface area contributed by atoms with Gasteiger partial charge < -0.3 is 15.1 Å². The molecule has 1 rings (SSSR count). The van der Waals surface area contributed by atoms with Gasteiger partial charge in [0.05, 0.1) is 0 Å². The van der Waals surface area contributed by atoms with E-state index in [-0.39, 0.29) is 11.5 Å². The molecule has 0 saturated heterocycles. The van der Waals surface area contributed by atoms with E-state index in [9.17, 15) is 5.11 Å². The largest absolute Gasteiger partial charge is 0.504 e. The summed E-state index contributed by atoms with van der Waals surface area (Å²) in [7, 11) is 0. The van der Waals surface area contributed by atoms with Crippen LogP contribution in [-0.2, 0) is 0 Å². The van der Waals surface area contributed by atoms with E-state index >= 15 is 0 Å². The van der Waals surface area contributed by atoms with Crippen molar-refractivity contribution in [3.8, 4) is 11.5 Å². The molecule has 0 aliphatic carbocycles. The zero-order valence-corrected chi connectivity index (χ0v) is 8.99. The van der Waals surface area contributed by atoms with Gasteiger partial charge in [-0.05, 0) is 32.0 Å². The first kappa shape index (κ1) is 11.4. The Hall–Kier alpha value is -1.71. The Balaban J connectivity index is 2.96. The van der Waals surface area contributed by atoms with Crippen molar-refractivity contribution in [2.45, 2.75) is 13.8 Å². The molecule has 0 heterocycles. The molecule has 0 spiro atoms. The molecule has 4 heteroatoms. The minimum atomic E-state index is -0.190. The molecule has 0 aliphatic rings. The molecule has 0 fully saturated rings. The van der Waals surface area contributed by atoms with Crippen LogP contribution in [0.3, 0.4) is 0 Å². The first-order chi connectivity index (χ1) is 7.10. The van der Waals surface area contributed by atoms with E-state index in [0.717, 1.165) is 13.1 Å². The van der Waals surface area contributed by atoms with Crippen molar-refractivity contribution < 1.29 is 10.2 Å². The molecule has 1 aromatic carbocycles. The second-order valence-corrected chi connectivity index (χ2v) is 3.22.